The third kappa shape index (κ3) is 2.48. The van der Waals surface area contributed by atoms with E-state index >= 15 is 0 Å². The molecular formula is C9H18N2O. The first kappa shape index (κ1) is 9.52. The largest absolute Gasteiger partial charge is 0.352 e. The zero-order valence-corrected chi connectivity index (χ0v) is 7.84. The lowest BCUT2D eigenvalue weighted by Crippen LogP contribution is -2.39. The van der Waals surface area contributed by atoms with Crippen LogP contribution in [0.1, 0.15) is 33.1 Å². The molecule has 0 aliphatic heterocycles. The molecule has 0 aromatic rings. The Labute approximate surface area is 73.7 Å². The average Bonchev–Trinajstić information content (AvgIpc) is 2.68. The van der Waals surface area contributed by atoms with Crippen LogP contribution in [0.5, 0.6) is 0 Å². The summed E-state index contributed by atoms with van der Waals surface area (Å²) in [7, 11) is 0. The van der Waals surface area contributed by atoms with Crippen LogP contribution < -0.4 is 11.1 Å². The molecule has 2 unspecified atom stereocenters. The van der Waals surface area contributed by atoms with E-state index in [0.29, 0.717) is 6.04 Å². The van der Waals surface area contributed by atoms with Gasteiger partial charge in [-0.15, -0.1) is 0 Å². The van der Waals surface area contributed by atoms with E-state index < -0.39 is 0 Å². The van der Waals surface area contributed by atoms with Crippen molar-refractivity contribution in [1.82, 2.24) is 5.32 Å². The first-order chi connectivity index (χ1) is 5.65. The minimum atomic E-state index is -0.368. The van der Waals surface area contributed by atoms with Crippen molar-refractivity contribution in [3.05, 3.63) is 0 Å². The average molecular weight is 170 g/mol. The zero-order valence-electron chi connectivity index (χ0n) is 7.84. The van der Waals surface area contributed by atoms with Gasteiger partial charge in [-0.3, -0.25) is 4.79 Å². The van der Waals surface area contributed by atoms with Crippen molar-refractivity contribution in [2.24, 2.45) is 11.7 Å². The van der Waals surface area contributed by atoms with Gasteiger partial charge in [-0.25, -0.2) is 0 Å². The molecular weight excluding hydrogens is 152 g/mol. The molecule has 3 nitrogen and oxygen atoms in total. The Bertz CT molecular complexity index is 168. The summed E-state index contributed by atoms with van der Waals surface area (Å²) in [6.07, 6.45) is 3.57. The van der Waals surface area contributed by atoms with Gasteiger partial charge in [0.25, 0.3) is 0 Å². The highest BCUT2D eigenvalue weighted by molar-refractivity contribution is 5.81. The Morgan fingerprint density at radius 1 is 1.75 bits per heavy atom. The Morgan fingerprint density at radius 2 is 2.42 bits per heavy atom. The summed E-state index contributed by atoms with van der Waals surface area (Å²) in [4.78, 5) is 11.1. The Balaban J connectivity index is 2.14. The van der Waals surface area contributed by atoms with Crippen LogP contribution in [0.2, 0.25) is 0 Å². The van der Waals surface area contributed by atoms with Gasteiger partial charge in [-0.2, -0.15) is 0 Å². The highest BCUT2D eigenvalue weighted by Gasteiger charge is 2.37. The molecule has 1 rings (SSSR count). The van der Waals surface area contributed by atoms with E-state index in [4.69, 9.17) is 5.73 Å². The molecule has 3 heteroatoms. The normalized spacial score (nSPS) is 29.6. The molecule has 1 fully saturated rings. The maximum Gasteiger partial charge on any atom is 0.236 e. The zero-order chi connectivity index (χ0) is 9.14. The highest BCUT2D eigenvalue weighted by Crippen LogP contribution is 2.34. The minimum Gasteiger partial charge on any atom is -0.352 e. The lowest BCUT2D eigenvalue weighted by molar-refractivity contribution is -0.122. The van der Waals surface area contributed by atoms with Crippen molar-refractivity contribution in [2.75, 3.05) is 0 Å². The van der Waals surface area contributed by atoms with E-state index in [1.54, 1.807) is 6.92 Å². The lowest BCUT2D eigenvalue weighted by Gasteiger charge is -2.06. The van der Waals surface area contributed by atoms with Crippen LogP contribution in [-0.2, 0) is 4.79 Å². The van der Waals surface area contributed by atoms with E-state index in [2.05, 4.69) is 12.2 Å². The van der Waals surface area contributed by atoms with E-state index in [-0.39, 0.29) is 11.9 Å². The summed E-state index contributed by atoms with van der Waals surface area (Å²) in [5.74, 6) is 0.705. The maximum absolute atomic E-state index is 11.1. The molecule has 70 valence electrons. The number of hydrogen-bond acceptors (Lipinski definition) is 2. The van der Waals surface area contributed by atoms with Crippen LogP contribution in [0.25, 0.3) is 0 Å². The van der Waals surface area contributed by atoms with Gasteiger partial charge in [0.05, 0.1) is 6.04 Å². The van der Waals surface area contributed by atoms with E-state index in [1.165, 1.54) is 12.8 Å². The quantitative estimate of drug-likeness (QED) is 0.650. The SMILES string of the molecule is CCCC1CC1NC(=O)[C@@H](C)N. The van der Waals surface area contributed by atoms with Gasteiger partial charge in [0, 0.05) is 6.04 Å². The van der Waals surface area contributed by atoms with Gasteiger partial charge in [-0.1, -0.05) is 13.3 Å². The number of nitrogens with one attached hydrogen (secondary N) is 1. The summed E-state index contributed by atoms with van der Waals surface area (Å²) < 4.78 is 0. The third-order valence-corrected chi connectivity index (χ3v) is 2.32. The molecule has 0 radical (unpaired) electrons. The van der Waals surface area contributed by atoms with E-state index in [0.717, 1.165) is 12.3 Å². The standard InChI is InChI=1S/C9H18N2O/c1-3-4-7-5-8(7)11-9(12)6(2)10/h6-8H,3-5,10H2,1-2H3,(H,11,12)/t6-,7?,8?/m1/s1. The fourth-order valence-electron chi connectivity index (χ4n) is 1.43. The lowest BCUT2D eigenvalue weighted by atomic mass is 10.2. The van der Waals surface area contributed by atoms with Crippen LogP contribution in [0.4, 0.5) is 0 Å². The fraction of sp³-hybridized carbons (Fsp3) is 0.889. The number of amides is 1. The molecule has 0 aromatic carbocycles. The number of rotatable bonds is 4. The van der Waals surface area contributed by atoms with Gasteiger partial charge in [0.1, 0.15) is 0 Å². The van der Waals surface area contributed by atoms with Crippen molar-refractivity contribution < 1.29 is 4.79 Å². The van der Waals surface area contributed by atoms with Crippen molar-refractivity contribution in [3.63, 3.8) is 0 Å². The van der Waals surface area contributed by atoms with E-state index in [9.17, 15) is 4.79 Å². The summed E-state index contributed by atoms with van der Waals surface area (Å²) >= 11 is 0. The summed E-state index contributed by atoms with van der Waals surface area (Å²) in [6.45, 7) is 3.88. The van der Waals surface area contributed by atoms with Crippen molar-refractivity contribution in [2.45, 2.75) is 45.2 Å². The fourth-order valence-corrected chi connectivity index (χ4v) is 1.43. The van der Waals surface area contributed by atoms with Crippen molar-refractivity contribution in [3.8, 4) is 0 Å². The smallest absolute Gasteiger partial charge is 0.236 e. The molecule has 1 aliphatic carbocycles. The van der Waals surface area contributed by atoms with Crippen LogP contribution in [0, 0.1) is 5.92 Å². The summed E-state index contributed by atoms with van der Waals surface area (Å²) in [5.41, 5.74) is 5.42. The number of carbonyl (C=O) groups excluding carboxylic acids is 1. The first-order valence-electron chi connectivity index (χ1n) is 4.71. The minimum absolute atomic E-state index is 0.0152. The van der Waals surface area contributed by atoms with Crippen LogP contribution >= 0.6 is 0 Å². The molecule has 12 heavy (non-hydrogen) atoms. The second-order valence-corrected chi connectivity index (χ2v) is 3.69. The summed E-state index contributed by atoms with van der Waals surface area (Å²) in [6, 6.07) is 0.0522. The van der Waals surface area contributed by atoms with Crippen LogP contribution in [0.15, 0.2) is 0 Å². The summed E-state index contributed by atoms with van der Waals surface area (Å²) in [5, 5.41) is 2.92. The van der Waals surface area contributed by atoms with E-state index in [1.807, 2.05) is 0 Å². The highest BCUT2D eigenvalue weighted by atomic mass is 16.2. The number of carbonyl (C=O) groups is 1. The topological polar surface area (TPSA) is 55.1 Å². The second-order valence-electron chi connectivity index (χ2n) is 3.69. The Kier molecular flexibility index (Phi) is 3.09. The second kappa shape index (κ2) is 3.90. The van der Waals surface area contributed by atoms with Crippen LogP contribution in [-0.4, -0.2) is 18.0 Å². The molecule has 0 spiro atoms. The molecule has 1 saturated carbocycles. The van der Waals surface area contributed by atoms with Crippen molar-refractivity contribution >= 4 is 5.91 Å². The molecule has 0 saturated heterocycles. The predicted molar refractivity (Wildman–Crippen MR) is 48.6 cm³/mol. The molecule has 0 heterocycles. The molecule has 1 amide bonds. The number of nitrogens with two attached hydrogens (primary N) is 1. The van der Waals surface area contributed by atoms with Gasteiger partial charge in [0.2, 0.25) is 5.91 Å². The van der Waals surface area contributed by atoms with Crippen LogP contribution in [0.3, 0.4) is 0 Å². The van der Waals surface area contributed by atoms with Gasteiger partial charge in [-0.05, 0) is 25.7 Å². The number of hydrogen-bond donors (Lipinski definition) is 2. The van der Waals surface area contributed by atoms with Crippen molar-refractivity contribution in [1.29, 1.82) is 0 Å². The molecule has 0 bridgehead atoms. The molecule has 1 aliphatic rings. The Hall–Kier alpha value is -0.570. The third-order valence-electron chi connectivity index (χ3n) is 2.32. The predicted octanol–water partition coefficient (Wildman–Crippen LogP) is 0.638. The Morgan fingerprint density at radius 3 is 2.92 bits per heavy atom. The first-order valence-corrected chi connectivity index (χ1v) is 4.71. The molecule has 3 atom stereocenters. The van der Waals surface area contributed by atoms with Gasteiger partial charge in [0.15, 0.2) is 0 Å². The monoisotopic (exact) mass is 170 g/mol. The maximum atomic E-state index is 11.1. The van der Waals surface area contributed by atoms with Gasteiger partial charge >= 0.3 is 0 Å². The molecule has 3 N–H and O–H groups in total. The molecule has 0 aromatic heterocycles. The van der Waals surface area contributed by atoms with Gasteiger partial charge < -0.3 is 11.1 Å².